The molecule has 0 spiro atoms. The second-order valence-corrected chi connectivity index (χ2v) is 9.10. The molecule has 1 unspecified atom stereocenters. The number of para-hydroxylation sites is 1. The van der Waals surface area contributed by atoms with E-state index in [-0.39, 0.29) is 22.3 Å². The van der Waals surface area contributed by atoms with Gasteiger partial charge in [-0.15, -0.1) is 0 Å². The highest BCUT2D eigenvalue weighted by Gasteiger charge is 2.22. The number of anilines is 3. The number of rotatable bonds is 7. The molecule has 1 fully saturated rings. The molecule has 2 N–H and O–H groups in total. The summed E-state index contributed by atoms with van der Waals surface area (Å²) in [5.41, 5.74) is 2.88. The molecule has 0 amide bonds. The normalized spacial score (nSPS) is 14.2. The molecule has 0 saturated heterocycles. The lowest BCUT2D eigenvalue weighted by Crippen LogP contribution is -2.28. The Hall–Kier alpha value is -3.96. The summed E-state index contributed by atoms with van der Waals surface area (Å²) in [4.78, 5) is 26.1. The van der Waals surface area contributed by atoms with E-state index < -0.39 is 0 Å². The predicted octanol–water partition coefficient (Wildman–Crippen LogP) is 5.43. The fourth-order valence-electron chi connectivity index (χ4n) is 4.40. The van der Waals surface area contributed by atoms with E-state index in [1.165, 1.54) is 6.42 Å². The van der Waals surface area contributed by atoms with Gasteiger partial charge in [0.2, 0.25) is 0 Å². The van der Waals surface area contributed by atoms with Crippen molar-refractivity contribution in [3.05, 3.63) is 81.9 Å². The first-order valence-electron chi connectivity index (χ1n) is 11.6. The lowest BCUT2D eigenvalue weighted by Gasteiger charge is -2.28. The number of nitrogens with one attached hydrogen (secondary N) is 2. The molecule has 8 nitrogen and oxygen atoms in total. The Morgan fingerprint density at radius 3 is 2.63 bits per heavy atom. The van der Waals surface area contributed by atoms with Gasteiger partial charge in [0.25, 0.3) is 5.56 Å². The Labute approximate surface area is 207 Å². The summed E-state index contributed by atoms with van der Waals surface area (Å²) in [6.45, 7) is 2.61. The van der Waals surface area contributed by atoms with Crippen LogP contribution in [0.2, 0.25) is 5.15 Å². The van der Waals surface area contributed by atoms with Crippen molar-refractivity contribution in [2.24, 2.45) is 5.92 Å². The maximum Gasteiger partial charge on any atom is 0.253 e. The van der Waals surface area contributed by atoms with Gasteiger partial charge in [0.1, 0.15) is 22.6 Å². The minimum atomic E-state index is -0.206. The fraction of sp³-hybridized carbons (Fsp3) is 0.269. The third-order valence-corrected chi connectivity index (χ3v) is 6.71. The molecule has 0 radical (unpaired) electrons. The molecule has 1 aromatic carbocycles. The van der Waals surface area contributed by atoms with E-state index in [1.807, 2.05) is 29.7 Å². The van der Waals surface area contributed by atoms with Crippen molar-refractivity contribution >= 4 is 39.6 Å². The summed E-state index contributed by atoms with van der Waals surface area (Å²) in [6, 6.07) is 12.8. The minimum absolute atomic E-state index is 0.0874. The Kier molecular flexibility index (Phi) is 6.34. The number of benzene rings is 1. The van der Waals surface area contributed by atoms with Gasteiger partial charge in [-0.05, 0) is 43.9 Å². The van der Waals surface area contributed by atoms with E-state index in [0.29, 0.717) is 35.3 Å². The first-order valence-corrected chi connectivity index (χ1v) is 11.9. The van der Waals surface area contributed by atoms with Gasteiger partial charge in [-0.1, -0.05) is 30.2 Å². The molecule has 3 aromatic heterocycles. The van der Waals surface area contributed by atoms with Crippen LogP contribution in [0.15, 0.2) is 59.8 Å². The van der Waals surface area contributed by atoms with E-state index in [2.05, 4.69) is 31.7 Å². The lowest BCUT2D eigenvalue weighted by molar-refractivity contribution is 0.277. The van der Waals surface area contributed by atoms with Crippen LogP contribution in [-0.2, 0) is 6.54 Å². The molecule has 1 aliphatic carbocycles. The average Bonchev–Trinajstić information content (AvgIpc) is 2.83. The van der Waals surface area contributed by atoms with Crippen molar-refractivity contribution in [2.45, 2.75) is 38.8 Å². The van der Waals surface area contributed by atoms with Crippen LogP contribution in [0.25, 0.3) is 10.9 Å². The highest BCUT2D eigenvalue weighted by Crippen LogP contribution is 2.35. The Morgan fingerprint density at radius 2 is 1.91 bits per heavy atom. The molecule has 0 aliphatic heterocycles. The van der Waals surface area contributed by atoms with Gasteiger partial charge < -0.3 is 15.2 Å². The maximum absolute atomic E-state index is 13.4. The SMILES string of the molecule is CC(Nc1cc(=O)n(CC2CCC2)c2c(Nc3ccnc(Cl)c3C#N)cccc12)c1ncccn1. The molecule has 0 bridgehead atoms. The van der Waals surface area contributed by atoms with E-state index >= 15 is 0 Å². The van der Waals surface area contributed by atoms with Crippen LogP contribution < -0.4 is 16.2 Å². The molecular weight excluding hydrogens is 462 g/mol. The molecule has 1 saturated carbocycles. The van der Waals surface area contributed by atoms with E-state index in [1.54, 1.807) is 36.8 Å². The maximum atomic E-state index is 13.4. The van der Waals surface area contributed by atoms with Crippen LogP contribution in [0.5, 0.6) is 0 Å². The highest BCUT2D eigenvalue weighted by molar-refractivity contribution is 6.31. The van der Waals surface area contributed by atoms with Crippen LogP contribution in [0.1, 0.15) is 43.6 Å². The highest BCUT2D eigenvalue weighted by atomic mass is 35.5. The zero-order chi connectivity index (χ0) is 24.4. The lowest BCUT2D eigenvalue weighted by atomic mass is 9.85. The van der Waals surface area contributed by atoms with Gasteiger partial charge in [-0.2, -0.15) is 5.26 Å². The molecular formula is C26H24ClN7O. The summed E-state index contributed by atoms with van der Waals surface area (Å²) in [7, 11) is 0. The number of nitrogens with zero attached hydrogens (tertiary/aromatic N) is 5. The van der Waals surface area contributed by atoms with E-state index in [4.69, 9.17) is 11.6 Å². The second kappa shape index (κ2) is 9.72. The quantitative estimate of drug-likeness (QED) is 0.336. The topological polar surface area (TPSA) is 109 Å². The van der Waals surface area contributed by atoms with E-state index in [0.717, 1.165) is 23.7 Å². The van der Waals surface area contributed by atoms with Crippen LogP contribution in [0, 0.1) is 17.2 Å². The van der Waals surface area contributed by atoms with Crippen LogP contribution in [-0.4, -0.2) is 19.5 Å². The first-order chi connectivity index (χ1) is 17.0. The molecule has 9 heteroatoms. The summed E-state index contributed by atoms with van der Waals surface area (Å²) in [5.74, 6) is 1.11. The number of pyridine rings is 2. The fourth-order valence-corrected chi connectivity index (χ4v) is 4.60. The largest absolute Gasteiger partial charge is 0.375 e. The molecule has 1 atom stereocenters. The molecule has 35 heavy (non-hydrogen) atoms. The number of hydrogen-bond acceptors (Lipinski definition) is 7. The zero-order valence-corrected chi connectivity index (χ0v) is 20.0. The Balaban J connectivity index is 1.64. The summed E-state index contributed by atoms with van der Waals surface area (Å²) < 4.78 is 1.84. The Morgan fingerprint density at radius 1 is 1.11 bits per heavy atom. The van der Waals surface area contributed by atoms with Crippen molar-refractivity contribution in [2.75, 3.05) is 10.6 Å². The third kappa shape index (κ3) is 4.55. The number of fused-ring (bicyclic) bond motifs is 1. The van der Waals surface area contributed by atoms with Gasteiger partial charge in [-0.25, -0.2) is 15.0 Å². The molecule has 1 aliphatic rings. The number of nitriles is 1. The van der Waals surface area contributed by atoms with Gasteiger partial charge in [-0.3, -0.25) is 4.79 Å². The summed E-state index contributed by atoms with van der Waals surface area (Å²) in [5, 5.41) is 17.4. The van der Waals surface area contributed by atoms with E-state index in [9.17, 15) is 10.1 Å². The molecule has 176 valence electrons. The molecule has 5 rings (SSSR count). The van der Waals surface area contributed by atoms with Crippen molar-refractivity contribution in [1.29, 1.82) is 5.26 Å². The van der Waals surface area contributed by atoms with Gasteiger partial charge in [0.15, 0.2) is 0 Å². The number of aromatic nitrogens is 4. The van der Waals surface area contributed by atoms with Crippen LogP contribution in [0.3, 0.4) is 0 Å². The molecule has 3 heterocycles. The predicted molar refractivity (Wildman–Crippen MR) is 137 cm³/mol. The standard InChI is InChI=1S/C26H24ClN7O/c1-16(26-30-10-4-11-31-26)32-22-13-23(35)34(15-17-5-2-6-17)24-18(22)7-3-8-21(24)33-20-9-12-29-25(27)19(20)14-28/h3-4,7-13,16-17,32H,2,5-6,15H2,1H3,(H,29,33). The van der Waals surface area contributed by atoms with Crippen molar-refractivity contribution < 1.29 is 0 Å². The zero-order valence-electron chi connectivity index (χ0n) is 19.2. The third-order valence-electron chi connectivity index (χ3n) is 6.43. The monoisotopic (exact) mass is 485 g/mol. The van der Waals surface area contributed by atoms with Crippen molar-refractivity contribution in [3.63, 3.8) is 0 Å². The summed E-state index contributed by atoms with van der Waals surface area (Å²) in [6.07, 6.45) is 8.37. The minimum Gasteiger partial charge on any atom is -0.375 e. The van der Waals surface area contributed by atoms with Gasteiger partial charge in [0.05, 0.1) is 22.9 Å². The number of hydrogen-bond donors (Lipinski definition) is 2. The van der Waals surface area contributed by atoms with Gasteiger partial charge in [0, 0.05) is 42.3 Å². The van der Waals surface area contributed by atoms with Crippen molar-refractivity contribution in [1.82, 2.24) is 19.5 Å². The smallest absolute Gasteiger partial charge is 0.253 e. The van der Waals surface area contributed by atoms with Crippen molar-refractivity contribution in [3.8, 4) is 6.07 Å². The second-order valence-electron chi connectivity index (χ2n) is 8.74. The summed E-state index contributed by atoms with van der Waals surface area (Å²) >= 11 is 6.16. The number of halogens is 1. The first kappa shape index (κ1) is 22.8. The average molecular weight is 486 g/mol. The Bertz CT molecular complexity index is 1480. The van der Waals surface area contributed by atoms with Gasteiger partial charge >= 0.3 is 0 Å². The molecule has 4 aromatic rings. The van der Waals surface area contributed by atoms with Crippen LogP contribution >= 0.6 is 11.6 Å². The van der Waals surface area contributed by atoms with Crippen LogP contribution in [0.4, 0.5) is 17.1 Å².